The highest BCUT2D eigenvalue weighted by atomic mass is 16.3. The number of amides is 1. The topological polar surface area (TPSA) is 97.3 Å². The Balaban J connectivity index is 1.66. The second kappa shape index (κ2) is 7.38. The molecule has 0 aromatic carbocycles. The van der Waals surface area contributed by atoms with Crippen molar-refractivity contribution in [2.75, 3.05) is 13.2 Å². The highest BCUT2D eigenvalue weighted by molar-refractivity contribution is 5.93. The normalized spacial score (nSPS) is 13.0. The molecule has 1 aliphatic carbocycles. The van der Waals surface area contributed by atoms with E-state index in [2.05, 4.69) is 19.9 Å². The van der Waals surface area contributed by atoms with Crippen LogP contribution in [0.2, 0.25) is 0 Å². The molecule has 0 bridgehead atoms. The Bertz CT molecular complexity index is 1260. The van der Waals surface area contributed by atoms with Crippen molar-refractivity contribution >= 4 is 11.6 Å². The van der Waals surface area contributed by atoms with Gasteiger partial charge in [-0.2, -0.15) is 0 Å². The summed E-state index contributed by atoms with van der Waals surface area (Å²) in [6.45, 7) is 2.06. The van der Waals surface area contributed by atoms with Crippen LogP contribution >= 0.6 is 0 Å². The number of nitrogens with one attached hydrogen (secondary N) is 1. The minimum atomic E-state index is -0.273. The Morgan fingerprint density at radius 3 is 2.93 bits per heavy atom. The van der Waals surface area contributed by atoms with Crippen LogP contribution in [0.4, 0.5) is 0 Å². The maximum absolute atomic E-state index is 12.5. The maximum Gasteiger partial charge on any atom is 0.270 e. The molecule has 8 heteroatoms. The van der Waals surface area contributed by atoms with Gasteiger partial charge in [0.15, 0.2) is 5.82 Å². The number of aliphatic hydroxyl groups excluding tert-OH is 1. The Kier molecular flexibility index (Phi) is 4.55. The van der Waals surface area contributed by atoms with Crippen molar-refractivity contribution in [3.63, 3.8) is 0 Å². The SMILES string of the molecule is Cc1cccc(-c2nc3c(n2-c2ccc4ncc(C(=O)NCCO)n4c2)CCC3)n1. The van der Waals surface area contributed by atoms with Crippen molar-refractivity contribution in [1.82, 2.24) is 29.2 Å². The summed E-state index contributed by atoms with van der Waals surface area (Å²) in [4.78, 5) is 26.4. The Labute approximate surface area is 173 Å². The number of carbonyl (C=O) groups is 1. The molecule has 5 rings (SSSR count). The zero-order valence-corrected chi connectivity index (χ0v) is 16.7. The third kappa shape index (κ3) is 3.05. The van der Waals surface area contributed by atoms with Gasteiger partial charge in [0.1, 0.15) is 17.0 Å². The minimum Gasteiger partial charge on any atom is -0.395 e. The van der Waals surface area contributed by atoms with Crippen molar-refractivity contribution < 1.29 is 9.90 Å². The van der Waals surface area contributed by atoms with Gasteiger partial charge in [-0.15, -0.1) is 0 Å². The summed E-state index contributed by atoms with van der Waals surface area (Å²) in [5.41, 5.74) is 6.09. The zero-order valence-electron chi connectivity index (χ0n) is 16.7. The van der Waals surface area contributed by atoms with Crippen LogP contribution in [0.3, 0.4) is 0 Å². The lowest BCUT2D eigenvalue weighted by Crippen LogP contribution is -2.27. The number of hydrogen-bond acceptors (Lipinski definition) is 5. The second-order valence-electron chi connectivity index (χ2n) is 7.42. The molecule has 2 N–H and O–H groups in total. The van der Waals surface area contributed by atoms with E-state index in [1.165, 1.54) is 5.69 Å². The van der Waals surface area contributed by atoms with E-state index in [0.717, 1.165) is 47.9 Å². The zero-order chi connectivity index (χ0) is 20.7. The number of imidazole rings is 2. The highest BCUT2D eigenvalue weighted by Gasteiger charge is 2.24. The van der Waals surface area contributed by atoms with E-state index in [1.807, 2.05) is 43.5 Å². The molecule has 0 saturated heterocycles. The van der Waals surface area contributed by atoms with Gasteiger partial charge >= 0.3 is 0 Å². The second-order valence-corrected chi connectivity index (χ2v) is 7.42. The van der Waals surface area contributed by atoms with Crippen molar-refractivity contribution in [2.45, 2.75) is 26.2 Å². The molecule has 30 heavy (non-hydrogen) atoms. The predicted octanol–water partition coefficient (Wildman–Crippen LogP) is 2.10. The molecule has 8 nitrogen and oxygen atoms in total. The Hall–Kier alpha value is -3.52. The molecule has 0 spiro atoms. The molecule has 4 heterocycles. The molecule has 0 unspecified atom stereocenters. The van der Waals surface area contributed by atoms with E-state index in [0.29, 0.717) is 11.3 Å². The highest BCUT2D eigenvalue weighted by Crippen LogP contribution is 2.31. The van der Waals surface area contributed by atoms with Crippen molar-refractivity contribution in [1.29, 1.82) is 0 Å². The number of aliphatic hydroxyl groups is 1. The van der Waals surface area contributed by atoms with Gasteiger partial charge in [-0.05, 0) is 50.5 Å². The van der Waals surface area contributed by atoms with Gasteiger partial charge in [0.2, 0.25) is 0 Å². The summed E-state index contributed by atoms with van der Waals surface area (Å²) in [6, 6.07) is 9.83. The Morgan fingerprint density at radius 1 is 1.20 bits per heavy atom. The summed E-state index contributed by atoms with van der Waals surface area (Å²) < 4.78 is 3.93. The van der Waals surface area contributed by atoms with E-state index < -0.39 is 0 Å². The molecule has 0 saturated carbocycles. The van der Waals surface area contributed by atoms with E-state index in [9.17, 15) is 4.79 Å². The summed E-state index contributed by atoms with van der Waals surface area (Å²) in [5, 5.41) is 11.7. The fraction of sp³-hybridized carbons (Fsp3) is 0.273. The smallest absolute Gasteiger partial charge is 0.270 e. The van der Waals surface area contributed by atoms with Crippen LogP contribution in [0.5, 0.6) is 0 Å². The number of carbonyl (C=O) groups excluding carboxylic acids is 1. The minimum absolute atomic E-state index is 0.109. The van der Waals surface area contributed by atoms with Crippen LogP contribution in [0.25, 0.3) is 22.9 Å². The summed E-state index contributed by atoms with van der Waals surface area (Å²) >= 11 is 0. The molecule has 0 atom stereocenters. The van der Waals surface area contributed by atoms with E-state index >= 15 is 0 Å². The lowest BCUT2D eigenvalue weighted by atomic mass is 10.2. The number of aromatic nitrogens is 5. The molecule has 0 fully saturated rings. The molecule has 4 aromatic rings. The monoisotopic (exact) mass is 402 g/mol. The average molecular weight is 402 g/mol. The van der Waals surface area contributed by atoms with Crippen molar-refractivity contribution in [3.8, 4) is 17.2 Å². The summed E-state index contributed by atoms with van der Waals surface area (Å²) in [5.74, 6) is 0.541. The van der Waals surface area contributed by atoms with Crippen LogP contribution in [0.15, 0.2) is 42.7 Å². The standard InChI is InChI=1S/C22H22N6O2/c1-14-4-2-6-17(25-14)21-26-16-5-3-7-18(16)28(21)15-8-9-20-24-12-19(27(20)13-15)22(30)23-10-11-29/h2,4,6,8-9,12-13,29H,3,5,7,10-11H2,1H3,(H,23,30). The van der Waals surface area contributed by atoms with Crippen LogP contribution in [0, 0.1) is 6.92 Å². The van der Waals surface area contributed by atoms with Crippen LogP contribution in [-0.2, 0) is 12.8 Å². The van der Waals surface area contributed by atoms with Crippen LogP contribution in [-0.4, -0.2) is 48.1 Å². The van der Waals surface area contributed by atoms with Crippen LogP contribution in [0.1, 0.15) is 34.0 Å². The quantitative estimate of drug-likeness (QED) is 0.533. The van der Waals surface area contributed by atoms with Gasteiger partial charge < -0.3 is 10.4 Å². The largest absolute Gasteiger partial charge is 0.395 e. The number of hydrogen-bond donors (Lipinski definition) is 2. The maximum atomic E-state index is 12.5. The van der Waals surface area contributed by atoms with Gasteiger partial charge in [0.25, 0.3) is 5.91 Å². The third-order valence-corrected chi connectivity index (χ3v) is 5.38. The molecular formula is C22H22N6O2. The third-order valence-electron chi connectivity index (χ3n) is 5.38. The lowest BCUT2D eigenvalue weighted by molar-refractivity contribution is 0.0939. The molecule has 1 amide bonds. The van der Waals surface area contributed by atoms with Gasteiger partial charge in [-0.25, -0.2) is 15.0 Å². The fourth-order valence-electron chi connectivity index (χ4n) is 4.03. The van der Waals surface area contributed by atoms with E-state index in [-0.39, 0.29) is 19.1 Å². The number of rotatable bonds is 5. The summed E-state index contributed by atoms with van der Waals surface area (Å²) in [6.07, 6.45) is 6.47. The first kappa shape index (κ1) is 18.5. The number of pyridine rings is 2. The van der Waals surface area contributed by atoms with Crippen molar-refractivity contribution in [3.05, 3.63) is 65.5 Å². The lowest BCUT2D eigenvalue weighted by Gasteiger charge is -2.12. The molecule has 4 aromatic heterocycles. The Morgan fingerprint density at radius 2 is 2.10 bits per heavy atom. The van der Waals surface area contributed by atoms with Gasteiger partial charge in [0.05, 0.1) is 24.2 Å². The summed E-state index contributed by atoms with van der Waals surface area (Å²) in [7, 11) is 0. The first-order chi connectivity index (χ1) is 14.7. The van der Waals surface area contributed by atoms with Gasteiger partial charge in [-0.3, -0.25) is 13.8 Å². The van der Waals surface area contributed by atoms with Crippen LogP contribution < -0.4 is 5.32 Å². The molecule has 1 aliphatic rings. The first-order valence-electron chi connectivity index (χ1n) is 10.1. The fourth-order valence-corrected chi connectivity index (χ4v) is 4.03. The first-order valence-corrected chi connectivity index (χ1v) is 10.1. The number of fused-ring (bicyclic) bond motifs is 2. The van der Waals surface area contributed by atoms with Gasteiger partial charge in [0, 0.05) is 24.1 Å². The molecule has 0 radical (unpaired) electrons. The van der Waals surface area contributed by atoms with Crippen molar-refractivity contribution in [2.24, 2.45) is 0 Å². The molecular weight excluding hydrogens is 380 g/mol. The number of aryl methyl sites for hydroxylation is 2. The molecule has 0 aliphatic heterocycles. The predicted molar refractivity (Wildman–Crippen MR) is 112 cm³/mol. The van der Waals surface area contributed by atoms with Gasteiger partial charge in [-0.1, -0.05) is 6.07 Å². The molecule has 152 valence electrons. The van der Waals surface area contributed by atoms with E-state index in [4.69, 9.17) is 10.1 Å². The van der Waals surface area contributed by atoms with E-state index in [1.54, 1.807) is 10.6 Å². The average Bonchev–Trinajstić information content (AvgIpc) is 3.45. The number of nitrogens with zero attached hydrogens (tertiary/aromatic N) is 5.